The molecule has 0 aliphatic heterocycles. The van der Waals surface area contributed by atoms with Gasteiger partial charge in [0.25, 0.3) is 0 Å². The van der Waals surface area contributed by atoms with E-state index in [4.69, 9.17) is 26.2 Å². The van der Waals surface area contributed by atoms with E-state index in [1.807, 2.05) is 0 Å². The van der Waals surface area contributed by atoms with Gasteiger partial charge in [-0.05, 0) is 12.1 Å². The lowest BCUT2D eigenvalue weighted by atomic mass is 10.1. The molecule has 0 unspecified atom stereocenters. The van der Waals surface area contributed by atoms with Crippen molar-refractivity contribution in [3.63, 3.8) is 0 Å². The van der Waals surface area contributed by atoms with E-state index in [1.54, 1.807) is 30.3 Å². The predicted molar refractivity (Wildman–Crippen MR) is 61.6 cm³/mol. The van der Waals surface area contributed by atoms with Crippen molar-refractivity contribution in [1.29, 1.82) is 0 Å². The molecule has 0 spiro atoms. The van der Waals surface area contributed by atoms with E-state index >= 15 is 0 Å². The number of aliphatic hydroxyl groups is 3. The Morgan fingerprint density at radius 1 is 1.06 bits per heavy atom. The summed E-state index contributed by atoms with van der Waals surface area (Å²) in [4.78, 5) is 10.2. The molecule has 0 bridgehead atoms. The minimum Gasteiger partial charge on any atom is -0.478 e. The zero-order valence-electron chi connectivity index (χ0n) is 9.28. The lowest BCUT2D eigenvalue weighted by molar-refractivity contribution is 0.0692. The predicted octanol–water partition coefficient (Wildman–Crippen LogP) is -0.954. The normalized spacial score (nSPS) is 10.4. The van der Waals surface area contributed by atoms with Crippen LogP contribution in [0.4, 0.5) is 0 Å². The van der Waals surface area contributed by atoms with Gasteiger partial charge in [-0.1, -0.05) is 18.2 Å². The Bertz CT molecular complexity index is 316. The highest BCUT2D eigenvalue weighted by Crippen LogP contribution is 1.96. The van der Waals surface area contributed by atoms with E-state index in [0.717, 1.165) is 0 Å². The van der Waals surface area contributed by atoms with Crippen molar-refractivity contribution in [2.24, 2.45) is 5.73 Å². The number of rotatable bonds is 4. The van der Waals surface area contributed by atoms with E-state index in [1.165, 1.54) is 0 Å². The summed E-state index contributed by atoms with van der Waals surface area (Å²) in [5.74, 6) is -0.879. The highest BCUT2D eigenvalue weighted by molar-refractivity contribution is 5.87. The molecule has 0 atom stereocenters. The molecule has 0 heterocycles. The fraction of sp³-hybridized carbons (Fsp3) is 0.364. The van der Waals surface area contributed by atoms with Crippen molar-refractivity contribution >= 4 is 5.97 Å². The lowest BCUT2D eigenvalue weighted by Crippen LogP contribution is -2.50. The number of hydrogen-bond acceptors (Lipinski definition) is 5. The molecule has 17 heavy (non-hydrogen) atoms. The van der Waals surface area contributed by atoms with Gasteiger partial charge in [-0.2, -0.15) is 0 Å². The third kappa shape index (κ3) is 5.98. The maximum atomic E-state index is 10.2. The van der Waals surface area contributed by atoms with E-state index < -0.39 is 31.3 Å². The zero-order valence-corrected chi connectivity index (χ0v) is 9.28. The first-order valence-electron chi connectivity index (χ1n) is 4.89. The summed E-state index contributed by atoms with van der Waals surface area (Å²) in [7, 11) is 0. The number of aliphatic hydroxyl groups excluding tert-OH is 3. The monoisotopic (exact) mass is 243 g/mol. The van der Waals surface area contributed by atoms with E-state index in [0.29, 0.717) is 5.56 Å². The highest BCUT2D eigenvalue weighted by atomic mass is 16.4. The fourth-order valence-electron chi connectivity index (χ4n) is 0.731. The topological polar surface area (TPSA) is 124 Å². The molecular weight excluding hydrogens is 226 g/mol. The quantitative estimate of drug-likeness (QED) is 0.464. The molecule has 0 saturated heterocycles. The van der Waals surface area contributed by atoms with Gasteiger partial charge < -0.3 is 26.2 Å². The van der Waals surface area contributed by atoms with Crippen LogP contribution in [0.2, 0.25) is 0 Å². The third-order valence-corrected chi connectivity index (χ3v) is 1.97. The van der Waals surface area contributed by atoms with Crippen LogP contribution in [-0.2, 0) is 0 Å². The largest absolute Gasteiger partial charge is 0.478 e. The first-order valence-corrected chi connectivity index (χ1v) is 4.89. The Morgan fingerprint density at radius 2 is 1.47 bits per heavy atom. The van der Waals surface area contributed by atoms with Crippen LogP contribution >= 0.6 is 0 Å². The average Bonchev–Trinajstić information content (AvgIpc) is 2.39. The van der Waals surface area contributed by atoms with Crippen LogP contribution in [0.25, 0.3) is 0 Å². The lowest BCUT2D eigenvalue weighted by Gasteiger charge is -2.20. The first-order chi connectivity index (χ1) is 7.99. The van der Waals surface area contributed by atoms with E-state index in [2.05, 4.69) is 0 Å². The van der Waals surface area contributed by atoms with Gasteiger partial charge in [-0.3, -0.25) is 0 Å². The molecular formula is C11H17NO5. The summed E-state index contributed by atoms with van der Waals surface area (Å²) in [5.41, 5.74) is 4.27. The molecule has 1 rings (SSSR count). The summed E-state index contributed by atoms with van der Waals surface area (Å²) in [6.45, 7) is -1.21. The number of nitrogens with two attached hydrogens (primary N) is 1. The van der Waals surface area contributed by atoms with Crippen molar-refractivity contribution < 1.29 is 25.2 Å². The van der Waals surface area contributed by atoms with E-state index in [9.17, 15) is 4.79 Å². The molecule has 0 aliphatic rings. The molecule has 0 saturated carbocycles. The van der Waals surface area contributed by atoms with E-state index in [-0.39, 0.29) is 0 Å². The van der Waals surface area contributed by atoms with Gasteiger partial charge in [0.2, 0.25) is 0 Å². The second-order valence-corrected chi connectivity index (χ2v) is 3.51. The summed E-state index contributed by atoms with van der Waals surface area (Å²) < 4.78 is 0. The Labute approximate surface area is 98.9 Å². The molecule has 0 aliphatic carbocycles. The van der Waals surface area contributed by atoms with Crippen LogP contribution in [0.15, 0.2) is 30.3 Å². The van der Waals surface area contributed by atoms with Crippen molar-refractivity contribution in [3.8, 4) is 0 Å². The number of hydrogen-bond donors (Lipinski definition) is 5. The Morgan fingerprint density at radius 3 is 1.65 bits per heavy atom. The standard InChI is InChI=1S/C7H6O2.C4H11NO3/c8-7(9)6-4-2-1-3-5-6;5-4(1-6,2-7)3-8/h1-5H,(H,8,9);6-8H,1-3,5H2. The highest BCUT2D eigenvalue weighted by Gasteiger charge is 2.20. The van der Waals surface area contributed by atoms with Gasteiger partial charge in [0.05, 0.1) is 30.9 Å². The Hall–Kier alpha value is -1.47. The molecule has 6 N–H and O–H groups in total. The van der Waals surface area contributed by atoms with Gasteiger partial charge in [-0.15, -0.1) is 0 Å². The molecule has 1 aromatic carbocycles. The maximum absolute atomic E-state index is 10.2. The maximum Gasteiger partial charge on any atom is 0.335 e. The van der Waals surface area contributed by atoms with Crippen LogP contribution in [0, 0.1) is 0 Å². The average molecular weight is 243 g/mol. The minimum atomic E-state index is -1.21. The molecule has 0 radical (unpaired) electrons. The van der Waals surface area contributed by atoms with Gasteiger partial charge in [0.15, 0.2) is 0 Å². The second kappa shape index (κ2) is 7.75. The molecule has 6 heteroatoms. The number of carbonyl (C=O) groups is 1. The zero-order chi connectivity index (χ0) is 13.3. The fourth-order valence-corrected chi connectivity index (χ4v) is 0.731. The van der Waals surface area contributed by atoms with Crippen molar-refractivity contribution in [1.82, 2.24) is 0 Å². The van der Waals surface area contributed by atoms with Crippen LogP contribution in [0.5, 0.6) is 0 Å². The van der Waals surface area contributed by atoms with Gasteiger partial charge in [0.1, 0.15) is 0 Å². The number of benzene rings is 1. The van der Waals surface area contributed by atoms with Crippen molar-refractivity contribution in [2.75, 3.05) is 19.8 Å². The first kappa shape index (κ1) is 15.5. The Balaban J connectivity index is 0.000000304. The second-order valence-electron chi connectivity index (χ2n) is 3.51. The summed E-state index contributed by atoms with van der Waals surface area (Å²) in [6, 6.07) is 8.30. The number of aromatic carboxylic acids is 1. The van der Waals surface area contributed by atoms with Crippen molar-refractivity contribution in [3.05, 3.63) is 35.9 Å². The summed E-state index contributed by atoms with van der Waals surface area (Å²) in [6.07, 6.45) is 0. The van der Waals surface area contributed by atoms with Gasteiger partial charge in [0, 0.05) is 0 Å². The van der Waals surface area contributed by atoms with Crippen molar-refractivity contribution in [2.45, 2.75) is 5.54 Å². The summed E-state index contributed by atoms with van der Waals surface area (Å²) in [5, 5.41) is 33.4. The van der Waals surface area contributed by atoms with Crippen LogP contribution in [0.1, 0.15) is 10.4 Å². The SMILES string of the molecule is NC(CO)(CO)CO.O=C(O)c1ccccc1. The smallest absolute Gasteiger partial charge is 0.335 e. The van der Waals surface area contributed by atoms with Gasteiger partial charge in [-0.25, -0.2) is 4.79 Å². The molecule has 0 fully saturated rings. The van der Waals surface area contributed by atoms with Crippen LogP contribution in [-0.4, -0.2) is 51.8 Å². The summed E-state index contributed by atoms with van der Waals surface area (Å²) >= 11 is 0. The number of carboxylic acid groups (broad SMARTS) is 1. The van der Waals surface area contributed by atoms with Crippen LogP contribution < -0.4 is 5.73 Å². The van der Waals surface area contributed by atoms with Crippen LogP contribution in [0.3, 0.4) is 0 Å². The minimum absolute atomic E-state index is 0.331. The Kier molecular flexibility index (Phi) is 7.08. The molecule has 96 valence electrons. The molecule has 1 aromatic rings. The molecule has 6 nitrogen and oxygen atoms in total. The number of carboxylic acids is 1. The molecule has 0 amide bonds. The third-order valence-electron chi connectivity index (χ3n) is 1.97. The molecule has 0 aromatic heterocycles. The van der Waals surface area contributed by atoms with Gasteiger partial charge >= 0.3 is 5.97 Å².